The molecule has 0 atom stereocenters. The summed E-state index contributed by atoms with van der Waals surface area (Å²) in [5, 5.41) is 5.55. The first-order chi connectivity index (χ1) is 32.7. The Hall–Kier alpha value is -7.20. The van der Waals surface area contributed by atoms with Gasteiger partial charge in [0.15, 0.2) is 0 Å². The SMILES string of the molecule is CCOC(=O)c1c(C(=O)OCC)c2cc3c(=O)n(-c4cc(C(C)(C)C)ccc4C(C)(C)C)c(=O)c4ccc5c6ccc7c(=O)n(-c8cc(C(C)(C)C)ccc8C(C)(C)C)c(=O)c8cc1c(c2c5c43)c6c78. The Morgan fingerprint density at radius 1 is 0.386 bits per heavy atom. The van der Waals surface area contributed by atoms with Crippen LogP contribution in [0.1, 0.15) is 140 Å². The lowest BCUT2D eigenvalue weighted by molar-refractivity contribution is 0.0482. The van der Waals surface area contributed by atoms with Crippen molar-refractivity contribution >= 4 is 87.3 Å². The highest BCUT2D eigenvalue weighted by atomic mass is 16.5. The number of pyridine rings is 2. The van der Waals surface area contributed by atoms with Gasteiger partial charge in [-0.2, -0.15) is 0 Å². The molecular formula is C60H58N2O8. The summed E-state index contributed by atoms with van der Waals surface area (Å²) in [6.07, 6.45) is 0. The molecule has 0 saturated heterocycles. The maximum atomic E-state index is 15.5. The first kappa shape index (κ1) is 46.5. The predicted molar refractivity (Wildman–Crippen MR) is 284 cm³/mol. The van der Waals surface area contributed by atoms with Gasteiger partial charge in [-0.1, -0.05) is 119 Å². The average molecular weight is 935 g/mol. The first-order valence-corrected chi connectivity index (χ1v) is 24.2. The molecule has 0 aliphatic heterocycles. The summed E-state index contributed by atoms with van der Waals surface area (Å²) in [7, 11) is 0. The minimum atomic E-state index is -0.828. The summed E-state index contributed by atoms with van der Waals surface area (Å²) in [4.78, 5) is 91.1. The van der Waals surface area contributed by atoms with Gasteiger partial charge >= 0.3 is 11.9 Å². The summed E-state index contributed by atoms with van der Waals surface area (Å²) in [6, 6.07) is 22.3. The number of fused-ring (bicyclic) bond motifs is 1. The number of hydrogen-bond donors (Lipinski definition) is 0. The third kappa shape index (κ3) is 6.51. The Bertz CT molecular complexity index is 3860. The number of carbonyl (C=O) groups excluding carboxylic acids is 2. The molecule has 0 saturated carbocycles. The number of carbonyl (C=O) groups is 2. The third-order valence-corrected chi connectivity index (χ3v) is 14.4. The number of ether oxygens (including phenoxy) is 2. The molecule has 0 spiro atoms. The van der Waals surface area contributed by atoms with E-state index < -0.39 is 45.0 Å². The van der Waals surface area contributed by atoms with E-state index in [1.807, 2.05) is 90.1 Å². The molecule has 10 heteroatoms. The van der Waals surface area contributed by atoms with E-state index in [0.717, 1.165) is 22.3 Å². The molecule has 0 amide bonds. The zero-order valence-corrected chi connectivity index (χ0v) is 42.5. The van der Waals surface area contributed by atoms with Crippen LogP contribution in [0.3, 0.4) is 0 Å². The molecule has 2 heterocycles. The lowest BCUT2D eigenvalue weighted by Gasteiger charge is -2.28. The number of hydrogen-bond acceptors (Lipinski definition) is 8. The van der Waals surface area contributed by atoms with E-state index in [0.29, 0.717) is 65.2 Å². The van der Waals surface area contributed by atoms with Crippen LogP contribution in [0.5, 0.6) is 0 Å². The van der Waals surface area contributed by atoms with Crippen molar-refractivity contribution in [2.45, 2.75) is 119 Å². The Kier molecular flexibility index (Phi) is 10.1. The van der Waals surface area contributed by atoms with Crippen LogP contribution in [-0.2, 0) is 31.1 Å². The van der Waals surface area contributed by atoms with E-state index in [9.17, 15) is 9.59 Å². The highest BCUT2D eigenvalue weighted by Crippen LogP contribution is 2.51. The second kappa shape index (κ2) is 15.1. The number of esters is 2. The molecule has 70 heavy (non-hydrogen) atoms. The Morgan fingerprint density at radius 2 is 0.700 bits per heavy atom. The average Bonchev–Trinajstić information content (AvgIpc) is 3.27. The van der Waals surface area contributed by atoms with E-state index in [1.165, 1.54) is 9.13 Å². The fraction of sp³-hybridized carbons (Fsp3) is 0.333. The van der Waals surface area contributed by atoms with Crippen molar-refractivity contribution in [3.63, 3.8) is 0 Å². The minimum Gasteiger partial charge on any atom is -0.462 e. The molecule has 8 aromatic carbocycles. The van der Waals surface area contributed by atoms with Gasteiger partial charge in [-0.25, -0.2) is 18.7 Å². The van der Waals surface area contributed by atoms with Gasteiger partial charge in [0.05, 0.1) is 35.7 Å². The van der Waals surface area contributed by atoms with Crippen LogP contribution in [0.25, 0.3) is 86.8 Å². The zero-order chi connectivity index (χ0) is 50.6. The van der Waals surface area contributed by atoms with Crippen LogP contribution in [0.2, 0.25) is 0 Å². The molecule has 10 rings (SSSR count). The lowest BCUT2D eigenvalue weighted by Crippen LogP contribution is -2.34. The van der Waals surface area contributed by atoms with Crippen molar-refractivity contribution in [3.8, 4) is 11.4 Å². The number of benzene rings is 8. The van der Waals surface area contributed by atoms with Gasteiger partial charge in [-0.3, -0.25) is 19.2 Å². The van der Waals surface area contributed by atoms with Gasteiger partial charge in [0.2, 0.25) is 0 Å². The maximum absolute atomic E-state index is 15.5. The van der Waals surface area contributed by atoms with E-state index >= 15 is 19.2 Å². The molecule has 356 valence electrons. The topological polar surface area (TPSA) is 131 Å². The number of nitrogens with zero attached hydrogens (tertiary/aromatic N) is 2. The fourth-order valence-corrected chi connectivity index (χ4v) is 11.0. The zero-order valence-electron chi connectivity index (χ0n) is 42.5. The second-order valence-corrected chi connectivity index (χ2v) is 23.1. The van der Waals surface area contributed by atoms with Crippen molar-refractivity contribution in [2.24, 2.45) is 0 Å². The van der Waals surface area contributed by atoms with Gasteiger partial charge in [0.1, 0.15) is 0 Å². The smallest absolute Gasteiger partial charge is 0.339 e. The minimum absolute atomic E-state index is 0.0346. The largest absolute Gasteiger partial charge is 0.462 e. The number of aromatic nitrogens is 2. The number of rotatable bonds is 6. The summed E-state index contributed by atoms with van der Waals surface area (Å²) >= 11 is 0. The van der Waals surface area contributed by atoms with Crippen molar-refractivity contribution in [2.75, 3.05) is 13.2 Å². The van der Waals surface area contributed by atoms with Crippen molar-refractivity contribution in [3.05, 3.63) is 148 Å². The molecule has 0 N–H and O–H groups in total. The lowest BCUT2D eigenvalue weighted by atomic mass is 9.79. The monoisotopic (exact) mass is 934 g/mol. The molecule has 0 aliphatic rings. The normalized spacial score (nSPS) is 13.2. The molecule has 0 unspecified atom stereocenters. The van der Waals surface area contributed by atoms with Crippen molar-refractivity contribution < 1.29 is 19.1 Å². The highest BCUT2D eigenvalue weighted by Gasteiger charge is 2.35. The van der Waals surface area contributed by atoms with Crippen LogP contribution in [0.15, 0.2) is 92.0 Å². The van der Waals surface area contributed by atoms with Crippen LogP contribution in [0, 0.1) is 0 Å². The van der Waals surface area contributed by atoms with Gasteiger partial charge in [0.25, 0.3) is 22.2 Å². The molecule has 0 aliphatic carbocycles. The van der Waals surface area contributed by atoms with Crippen molar-refractivity contribution in [1.29, 1.82) is 0 Å². The summed E-state index contributed by atoms with van der Waals surface area (Å²) in [5.41, 5.74) is 0.399. The predicted octanol–water partition coefficient (Wildman–Crippen LogP) is 12.1. The van der Waals surface area contributed by atoms with Crippen LogP contribution in [0.4, 0.5) is 0 Å². The van der Waals surface area contributed by atoms with Crippen LogP contribution < -0.4 is 22.2 Å². The molecule has 0 radical (unpaired) electrons. The van der Waals surface area contributed by atoms with Gasteiger partial charge < -0.3 is 9.47 Å². The fourth-order valence-electron chi connectivity index (χ4n) is 11.0. The first-order valence-electron chi connectivity index (χ1n) is 24.2. The molecule has 10 aromatic rings. The van der Waals surface area contributed by atoms with Crippen LogP contribution in [-0.4, -0.2) is 34.3 Å². The maximum Gasteiger partial charge on any atom is 0.339 e. The van der Waals surface area contributed by atoms with E-state index in [1.54, 1.807) is 38.1 Å². The van der Waals surface area contributed by atoms with Gasteiger partial charge in [0, 0.05) is 32.3 Å². The summed E-state index contributed by atoms with van der Waals surface area (Å²) in [6.45, 7) is 27.9. The van der Waals surface area contributed by atoms with Crippen LogP contribution >= 0.6 is 0 Å². The molecular weight excluding hydrogens is 877 g/mol. The van der Waals surface area contributed by atoms with E-state index in [4.69, 9.17) is 9.47 Å². The Labute approximate surface area is 404 Å². The molecule has 0 bridgehead atoms. The summed E-state index contributed by atoms with van der Waals surface area (Å²) < 4.78 is 14.1. The molecule has 2 aromatic heterocycles. The standard InChI is InChI=1S/C60H58N2O8/c1-15-69-55(67)49-35-27-37-43-33(51(63)61(53(37)65)41-25-29(57(3,4)5)17-23-39(41)59(9,10)11)21-19-31-32-20-22-34-44-38(28-36(50(49)56(68)70-16-2)48(46(32)44)47(35)45(31)43)54(66)62(52(34)64)42-26-30(58(6,7)8)18-24-40(42)60(12,13)14/h17-28H,15-16H2,1-14H3. The Balaban J connectivity index is 1.47. The van der Waals surface area contributed by atoms with E-state index in [2.05, 4.69) is 41.5 Å². The highest BCUT2D eigenvalue weighted by molar-refractivity contribution is 6.47. The van der Waals surface area contributed by atoms with Crippen molar-refractivity contribution in [1.82, 2.24) is 9.13 Å². The quantitative estimate of drug-likeness (QED) is 0.0915. The molecule has 10 nitrogen and oxygen atoms in total. The van der Waals surface area contributed by atoms with Gasteiger partial charge in [-0.15, -0.1) is 0 Å². The molecule has 0 fully saturated rings. The summed E-state index contributed by atoms with van der Waals surface area (Å²) in [5.74, 6) is -1.66. The third-order valence-electron chi connectivity index (χ3n) is 14.4. The second-order valence-electron chi connectivity index (χ2n) is 23.1. The Morgan fingerprint density at radius 3 is 1.01 bits per heavy atom. The van der Waals surface area contributed by atoms with E-state index in [-0.39, 0.29) is 56.7 Å². The van der Waals surface area contributed by atoms with Gasteiger partial charge in [-0.05, 0) is 137 Å².